The number of imidazole rings is 1. The Morgan fingerprint density at radius 3 is 2.95 bits per heavy atom. The van der Waals surface area contributed by atoms with E-state index < -0.39 is 0 Å². The van der Waals surface area contributed by atoms with Crippen LogP contribution in [0, 0.1) is 0 Å². The molecule has 5 heteroatoms. The third-order valence-corrected chi connectivity index (χ3v) is 2.87. The van der Waals surface area contributed by atoms with Crippen LogP contribution in [0.5, 0.6) is 5.75 Å². The number of para-hydroxylation sites is 1. The van der Waals surface area contributed by atoms with Crippen LogP contribution < -0.4 is 10.1 Å². The van der Waals surface area contributed by atoms with Crippen molar-refractivity contribution in [2.24, 2.45) is 0 Å². The first-order valence-electron chi connectivity index (χ1n) is 6.81. The maximum Gasteiger partial charge on any atom is 0.141 e. The normalized spacial score (nSPS) is 10.7. The van der Waals surface area contributed by atoms with E-state index in [1.807, 2.05) is 37.4 Å². The first kappa shape index (κ1) is 14.6. The van der Waals surface area contributed by atoms with Gasteiger partial charge in [0, 0.05) is 32.1 Å². The Hall–Kier alpha value is -1.85. The molecule has 0 unspecified atom stereocenters. The molecule has 1 aromatic carbocycles. The van der Waals surface area contributed by atoms with Crippen LogP contribution in [-0.2, 0) is 11.3 Å². The van der Waals surface area contributed by atoms with E-state index in [1.165, 1.54) is 0 Å². The predicted octanol–water partition coefficient (Wildman–Crippen LogP) is 2.21. The van der Waals surface area contributed by atoms with Gasteiger partial charge in [-0.1, -0.05) is 12.1 Å². The summed E-state index contributed by atoms with van der Waals surface area (Å²) < 4.78 is 10.6. The van der Waals surface area contributed by atoms with Gasteiger partial charge in [-0.25, -0.2) is 4.98 Å². The van der Waals surface area contributed by atoms with Crippen LogP contribution in [0.15, 0.2) is 30.5 Å². The lowest BCUT2D eigenvalue weighted by atomic mass is 10.2. The summed E-state index contributed by atoms with van der Waals surface area (Å²) >= 11 is 0. The van der Waals surface area contributed by atoms with Crippen molar-refractivity contribution in [3.8, 4) is 17.1 Å². The second kappa shape index (κ2) is 7.67. The summed E-state index contributed by atoms with van der Waals surface area (Å²) in [6, 6.07) is 7.91. The number of nitrogens with one attached hydrogen (secondary N) is 2. The lowest BCUT2D eigenvalue weighted by Gasteiger charge is -2.07. The van der Waals surface area contributed by atoms with Gasteiger partial charge in [0.2, 0.25) is 0 Å². The molecule has 2 aromatic rings. The van der Waals surface area contributed by atoms with Gasteiger partial charge >= 0.3 is 0 Å². The van der Waals surface area contributed by atoms with Crippen LogP contribution in [0.3, 0.4) is 0 Å². The number of ether oxygens (including phenoxy) is 2. The van der Waals surface area contributed by atoms with Crippen molar-refractivity contribution in [2.45, 2.75) is 13.5 Å². The summed E-state index contributed by atoms with van der Waals surface area (Å²) in [5, 5.41) is 3.28. The number of hydrogen-bond donors (Lipinski definition) is 2. The smallest absolute Gasteiger partial charge is 0.141 e. The Labute approximate surface area is 119 Å². The summed E-state index contributed by atoms with van der Waals surface area (Å²) in [6.07, 6.45) is 1.85. The average Bonchev–Trinajstić information content (AvgIpc) is 2.93. The molecule has 1 heterocycles. The van der Waals surface area contributed by atoms with E-state index in [0.29, 0.717) is 13.2 Å². The highest BCUT2D eigenvalue weighted by atomic mass is 16.5. The van der Waals surface area contributed by atoms with Crippen molar-refractivity contribution < 1.29 is 9.47 Å². The van der Waals surface area contributed by atoms with Gasteiger partial charge < -0.3 is 19.8 Å². The van der Waals surface area contributed by atoms with Gasteiger partial charge in [-0.2, -0.15) is 0 Å². The monoisotopic (exact) mass is 275 g/mol. The van der Waals surface area contributed by atoms with Crippen molar-refractivity contribution in [2.75, 3.05) is 26.9 Å². The highest BCUT2D eigenvalue weighted by Crippen LogP contribution is 2.27. The fourth-order valence-corrected chi connectivity index (χ4v) is 1.93. The van der Waals surface area contributed by atoms with Crippen molar-refractivity contribution in [1.29, 1.82) is 0 Å². The fourth-order valence-electron chi connectivity index (χ4n) is 1.93. The average molecular weight is 275 g/mol. The Morgan fingerprint density at radius 2 is 2.15 bits per heavy atom. The molecule has 0 radical (unpaired) electrons. The molecule has 2 rings (SSSR count). The van der Waals surface area contributed by atoms with Crippen LogP contribution in [-0.4, -0.2) is 36.8 Å². The van der Waals surface area contributed by atoms with Gasteiger partial charge in [0.1, 0.15) is 11.6 Å². The quantitative estimate of drug-likeness (QED) is 0.725. The van der Waals surface area contributed by atoms with E-state index in [9.17, 15) is 0 Å². The minimum atomic E-state index is 0.642. The van der Waals surface area contributed by atoms with Gasteiger partial charge in [0.05, 0.1) is 18.8 Å². The summed E-state index contributed by atoms with van der Waals surface area (Å²) in [5.74, 6) is 1.68. The predicted molar refractivity (Wildman–Crippen MR) is 78.8 cm³/mol. The SMILES string of the molecule is CCOc1ccccc1-c1ncc(CNCCOC)[nH]1. The van der Waals surface area contributed by atoms with E-state index >= 15 is 0 Å². The number of rotatable bonds is 8. The second-order valence-electron chi connectivity index (χ2n) is 4.36. The van der Waals surface area contributed by atoms with Gasteiger partial charge in [-0.3, -0.25) is 0 Å². The van der Waals surface area contributed by atoms with E-state index in [1.54, 1.807) is 7.11 Å². The Balaban J connectivity index is 2.04. The maximum atomic E-state index is 5.62. The number of benzene rings is 1. The molecular formula is C15H21N3O2. The van der Waals surface area contributed by atoms with Crippen LogP contribution in [0.2, 0.25) is 0 Å². The minimum absolute atomic E-state index is 0.642. The molecule has 0 bridgehead atoms. The number of aromatic amines is 1. The zero-order chi connectivity index (χ0) is 14.2. The van der Waals surface area contributed by atoms with Crippen LogP contribution in [0.25, 0.3) is 11.4 Å². The first-order valence-corrected chi connectivity index (χ1v) is 6.81. The largest absolute Gasteiger partial charge is 0.493 e. The molecule has 0 atom stereocenters. The van der Waals surface area contributed by atoms with Crippen molar-refractivity contribution in [1.82, 2.24) is 15.3 Å². The number of aromatic nitrogens is 2. The molecule has 20 heavy (non-hydrogen) atoms. The van der Waals surface area contributed by atoms with Crippen molar-refractivity contribution in [3.05, 3.63) is 36.2 Å². The standard InChI is InChI=1S/C15H21N3O2/c1-3-20-14-7-5-4-6-13(14)15-17-11-12(18-15)10-16-8-9-19-2/h4-7,11,16H,3,8-10H2,1-2H3,(H,17,18). The summed E-state index contributed by atoms with van der Waals surface area (Å²) in [6.45, 7) is 4.88. The molecule has 0 amide bonds. The van der Waals surface area contributed by atoms with Gasteiger partial charge in [-0.15, -0.1) is 0 Å². The van der Waals surface area contributed by atoms with E-state index in [4.69, 9.17) is 9.47 Å². The van der Waals surface area contributed by atoms with Crippen LogP contribution in [0.1, 0.15) is 12.6 Å². The molecule has 5 nitrogen and oxygen atoms in total. The van der Waals surface area contributed by atoms with Crippen molar-refractivity contribution >= 4 is 0 Å². The summed E-state index contributed by atoms with van der Waals surface area (Å²) in [7, 11) is 1.70. The second-order valence-corrected chi connectivity index (χ2v) is 4.36. The zero-order valence-electron chi connectivity index (χ0n) is 12.0. The number of H-pyrrole nitrogens is 1. The number of hydrogen-bond acceptors (Lipinski definition) is 4. The third-order valence-electron chi connectivity index (χ3n) is 2.87. The Morgan fingerprint density at radius 1 is 1.30 bits per heavy atom. The number of nitrogens with zero attached hydrogens (tertiary/aromatic N) is 1. The highest BCUT2D eigenvalue weighted by molar-refractivity contribution is 5.64. The lowest BCUT2D eigenvalue weighted by molar-refractivity contribution is 0.199. The third kappa shape index (κ3) is 3.82. The molecule has 1 aromatic heterocycles. The Kier molecular flexibility index (Phi) is 5.58. The van der Waals surface area contributed by atoms with Crippen LogP contribution >= 0.6 is 0 Å². The minimum Gasteiger partial charge on any atom is -0.493 e. The molecule has 108 valence electrons. The molecule has 0 spiro atoms. The van der Waals surface area contributed by atoms with Gasteiger partial charge in [-0.05, 0) is 19.1 Å². The molecule has 0 fully saturated rings. The molecule has 0 saturated carbocycles. The van der Waals surface area contributed by atoms with Crippen molar-refractivity contribution in [3.63, 3.8) is 0 Å². The van der Waals surface area contributed by atoms with Gasteiger partial charge in [0.15, 0.2) is 0 Å². The highest BCUT2D eigenvalue weighted by Gasteiger charge is 2.09. The first-order chi connectivity index (χ1) is 9.85. The lowest BCUT2D eigenvalue weighted by Crippen LogP contribution is -2.18. The molecular weight excluding hydrogens is 254 g/mol. The number of methoxy groups -OCH3 is 1. The molecule has 2 N–H and O–H groups in total. The van der Waals surface area contributed by atoms with E-state index in [-0.39, 0.29) is 0 Å². The molecule has 0 aliphatic rings. The summed E-state index contributed by atoms with van der Waals surface area (Å²) in [4.78, 5) is 7.73. The zero-order valence-corrected chi connectivity index (χ0v) is 12.0. The molecule has 0 aliphatic heterocycles. The van der Waals surface area contributed by atoms with Crippen LogP contribution in [0.4, 0.5) is 0 Å². The topological polar surface area (TPSA) is 59.2 Å². The maximum absolute atomic E-state index is 5.62. The van der Waals surface area contributed by atoms with E-state index in [0.717, 1.165) is 35.9 Å². The molecule has 0 aliphatic carbocycles. The summed E-state index contributed by atoms with van der Waals surface area (Å²) in [5.41, 5.74) is 2.03. The fraction of sp³-hybridized carbons (Fsp3) is 0.400. The molecule has 0 saturated heterocycles. The van der Waals surface area contributed by atoms with E-state index in [2.05, 4.69) is 15.3 Å². The Bertz CT molecular complexity index is 525. The van der Waals surface area contributed by atoms with Gasteiger partial charge in [0.25, 0.3) is 0 Å².